The molecule has 2 N–H and O–H groups in total. The van der Waals surface area contributed by atoms with Gasteiger partial charge in [-0.2, -0.15) is 0 Å². The van der Waals surface area contributed by atoms with Crippen LogP contribution >= 0.6 is 0 Å². The Morgan fingerprint density at radius 1 is 1.42 bits per heavy atom. The maximum Gasteiger partial charge on any atom is 0.276 e. The Balaban J connectivity index is 0.000000815. The molecule has 132 valence electrons. The number of nitrogens with one attached hydrogen (secondary N) is 1. The van der Waals surface area contributed by atoms with Crippen LogP contribution < -0.4 is 5.48 Å². The molecule has 0 aromatic carbocycles. The zero-order chi connectivity index (χ0) is 17.3. The topological polar surface area (TPSA) is 68.7 Å². The number of rotatable bonds is 3. The first-order valence-electron chi connectivity index (χ1n) is 9.04. The molecule has 0 bridgehead atoms. The van der Waals surface area contributed by atoms with E-state index in [1.807, 2.05) is 19.9 Å². The van der Waals surface area contributed by atoms with Crippen molar-refractivity contribution < 1.29 is 10.0 Å². The molecule has 3 unspecified atom stereocenters. The number of fused-ring (bicyclic) bond motifs is 2. The summed E-state index contributed by atoms with van der Waals surface area (Å²) in [6, 6.07) is 3.39. The van der Waals surface area contributed by atoms with Gasteiger partial charge in [0.15, 0.2) is 0 Å². The summed E-state index contributed by atoms with van der Waals surface area (Å²) in [7, 11) is 2.24. The zero-order valence-electron chi connectivity index (χ0n) is 14.8. The van der Waals surface area contributed by atoms with Crippen LogP contribution in [0.3, 0.4) is 0 Å². The Bertz CT molecular complexity index is 601. The van der Waals surface area contributed by atoms with Crippen LogP contribution in [0.2, 0.25) is 0 Å². The third-order valence-electron chi connectivity index (χ3n) is 5.76. The number of carbonyl (C=O) groups excluding carboxylic acids is 1. The molecule has 1 saturated heterocycles. The summed E-state index contributed by atoms with van der Waals surface area (Å²) in [5.41, 5.74) is 4.28. The number of hydroxylamine groups is 1. The number of aromatic nitrogens is 1. The van der Waals surface area contributed by atoms with Gasteiger partial charge in [0.25, 0.3) is 5.91 Å². The first-order valence-corrected chi connectivity index (χ1v) is 9.04. The first kappa shape index (κ1) is 17.3. The average Bonchev–Trinajstić information content (AvgIpc) is 2.60. The SMILES string of the molecule is CC.CN1C2CCC2C1CN1CCc2ncc(C(=O)NO)cc2C1. The molecule has 3 atom stereocenters. The molecule has 3 heterocycles. The van der Waals surface area contributed by atoms with Crippen molar-refractivity contribution in [3.8, 4) is 0 Å². The van der Waals surface area contributed by atoms with E-state index >= 15 is 0 Å². The van der Waals surface area contributed by atoms with Gasteiger partial charge in [-0.05, 0) is 37.4 Å². The van der Waals surface area contributed by atoms with Crippen LogP contribution in [-0.2, 0) is 13.0 Å². The largest absolute Gasteiger partial charge is 0.299 e. The van der Waals surface area contributed by atoms with E-state index in [1.165, 1.54) is 12.8 Å². The summed E-state index contributed by atoms with van der Waals surface area (Å²) in [4.78, 5) is 20.9. The lowest BCUT2D eigenvalue weighted by Gasteiger charge is -2.61. The molecule has 6 heteroatoms. The van der Waals surface area contributed by atoms with Gasteiger partial charge < -0.3 is 0 Å². The van der Waals surface area contributed by atoms with Crippen molar-refractivity contribution in [3.05, 3.63) is 29.1 Å². The van der Waals surface area contributed by atoms with E-state index in [2.05, 4.69) is 21.8 Å². The molecule has 1 saturated carbocycles. The molecule has 2 fully saturated rings. The van der Waals surface area contributed by atoms with E-state index in [1.54, 1.807) is 11.7 Å². The molecule has 3 aliphatic rings. The van der Waals surface area contributed by atoms with Crippen LogP contribution in [0.1, 0.15) is 48.3 Å². The number of hydrogen-bond donors (Lipinski definition) is 2. The normalized spacial score (nSPS) is 28.4. The molecule has 1 aromatic heterocycles. The molecule has 24 heavy (non-hydrogen) atoms. The minimum atomic E-state index is -0.497. The molecule has 0 spiro atoms. The molecule has 0 radical (unpaired) electrons. The second-order valence-electron chi connectivity index (χ2n) is 6.80. The number of carbonyl (C=O) groups is 1. The molecule has 1 aromatic rings. The molecular weight excluding hydrogens is 304 g/mol. The van der Waals surface area contributed by atoms with Crippen LogP contribution in [0.4, 0.5) is 0 Å². The fourth-order valence-corrected chi connectivity index (χ4v) is 4.27. The Kier molecular flexibility index (Phi) is 5.18. The minimum Gasteiger partial charge on any atom is -0.299 e. The number of likely N-dealkylation sites (tertiary alicyclic amines) is 1. The highest BCUT2D eigenvalue weighted by Crippen LogP contribution is 2.46. The van der Waals surface area contributed by atoms with Gasteiger partial charge in [-0.3, -0.25) is 24.8 Å². The summed E-state index contributed by atoms with van der Waals surface area (Å²) < 4.78 is 0. The number of pyridine rings is 1. The monoisotopic (exact) mass is 332 g/mol. The van der Waals surface area contributed by atoms with Crippen molar-refractivity contribution in [2.24, 2.45) is 5.92 Å². The predicted molar refractivity (Wildman–Crippen MR) is 91.9 cm³/mol. The van der Waals surface area contributed by atoms with E-state index in [9.17, 15) is 4.79 Å². The number of nitrogens with zero attached hydrogens (tertiary/aromatic N) is 3. The van der Waals surface area contributed by atoms with Crippen LogP contribution in [0.5, 0.6) is 0 Å². The van der Waals surface area contributed by atoms with E-state index in [4.69, 9.17) is 5.21 Å². The van der Waals surface area contributed by atoms with Gasteiger partial charge in [0.1, 0.15) is 0 Å². The van der Waals surface area contributed by atoms with Gasteiger partial charge in [0.2, 0.25) is 0 Å². The number of hydrogen-bond acceptors (Lipinski definition) is 5. The van der Waals surface area contributed by atoms with E-state index in [0.717, 1.165) is 49.3 Å². The highest BCUT2D eigenvalue weighted by atomic mass is 16.5. The van der Waals surface area contributed by atoms with Gasteiger partial charge in [-0.15, -0.1) is 0 Å². The van der Waals surface area contributed by atoms with Crippen LogP contribution in [0.15, 0.2) is 12.3 Å². The van der Waals surface area contributed by atoms with Gasteiger partial charge in [0.05, 0.1) is 5.56 Å². The number of amides is 1. The van der Waals surface area contributed by atoms with Crippen molar-refractivity contribution in [1.29, 1.82) is 0 Å². The van der Waals surface area contributed by atoms with Crippen molar-refractivity contribution in [2.75, 3.05) is 20.1 Å². The van der Waals surface area contributed by atoms with Crippen molar-refractivity contribution in [1.82, 2.24) is 20.3 Å². The lowest BCUT2D eigenvalue weighted by molar-refractivity contribution is -0.114. The van der Waals surface area contributed by atoms with E-state index in [0.29, 0.717) is 11.6 Å². The summed E-state index contributed by atoms with van der Waals surface area (Å²) in [6.45, 7) is 6.98. The van der Waals surface area contributed by atoms with Gasteiger partial charge in [-0.1, -0.05) is 13.8 Å². The van der Waals surface area contributed by atoms with Gasteiger partial charge >= 0.3 is 0 Å². The van der Waals surface area contributed by atoms with E-state index < -0.39 is 5.91 Å². The van der Waals surface area contributed by atoms with Crippen molar-refractivity contribution >= 4 is 5.91 Å². The summed E-state index contributed by atoms with van der Waals surface area (Å²) in [6.07, 6.45) is 5.22. The molecule has 1 amide bonds. The van der Waals surface area contributed by atoms with Crippen molar-refractivity contribution in [2.45, 2.75) is 51.7 Å². The Morgan fingerprint density at radius 2 is 2.21 bits per heavy atom. The van der Waals surface area contributed by atoms with Crippen molar-refractivity contribution in [3.63, 3.8) is 0 Å². The maximum absolute atomic E-state index is 11.5. The third-order valence-corrected chi connectivity index (χ3v) is 5.76. The summed E-state index contributed by atoms with van der Waals surface area (Å²) >= 11 is 0. The lowest BCUT2D eigenvalue weighted by Crippen LogP contribution is -2.70. The summed E-state index contributed by atoms with van der Waals surface area (Å²) in [5, 5.41) is 8.75. The minimum absolute atomic E-state index is 0.419. The maximum atomic E-state index is 11.5. The molecule has 2 aliphatic heterocycles. The Labute approximate surface area is 143 Å². The smallest absolute Gasteiger partial charge is 0.276 e. The first-order chi connectivity index (χ1) is 11.7. The zero-order valence-corrected chi connectivity index (χ0v) is 14.8. The highest BCUT2D eigenvalue weighted by Gasteiger charge is 2.51. The lowest BCUT2D eigenvalue weighted by atomic mass is 9.65. The fourth-order valence-electron chi connectivity index (χ4n) is 4.27. The second kappa shape index (κ2) is 7.17. The highest BCUT2D eigenvalue weighted by molar-refractivity contribution is 5.93. The second-order valence-corrected chi connectivity index (χ2v) is 6.80. The predicted octanol–water partition coefficient (Wildman–Crippen LogP) is 1.68. The molecule has 6 nitrogen and oxygen atoms in total. The third kappa shape index (κ3) is 2.94. The summed E-state index contributed by atoms with van der Waals surface area (Å²) in [5.74, 6) is 0.402. The standard InChI is InChI=1S/C16H22N4O2.C2H6/c1-19-14-3-2-12(14)15(19)9-20-5-4-13-11(8-20)6-10(7-17-13)16(21)18-22;1-2/h6-7,12,14-15,22H,2-5,8-9H2,1H3,(H,18,21);1-2H3. The molecule has 4 rings (SSSR count). The average molecular weight is 332 g/mol. The fraction of sp³-hybridized carbons (Fsp3) is 0.667. The number of likely N-dealkylation sites (N-methyl/N-ethyl adjacent to an activating group) is 1. The van der Waals surface area contributed by atoms with Crippen LogP contribution in [0.25, 0.3) is 0 Å². The molecule has 1 aliphatic carbocycles. The Morgan fingerprint density at radius 3 is 2.83 bits per heavy atom. The van der Waals surface area contributed by atoms with Crippen LogP contribution in [-0.4, -0.2) is 58.1 Å². The van der Waals surface area contributed by atoms with E-state index in [-0.39, 0.29) is 0 Å². The van der Waals surface area contributed by atoms with Gasteiger partial charge in [0, 0.05) is 50.0 Å². The Hall–Kier alpha value is -1.50. The van der Waals surface area contributed by atoms with Crippen LogP contribution in [0, 0.1) is 5.92 Å². The molecular formula is C18H28N4O2. The van der Waals surface area contributed by atoms with Gasteiger partial charge in [-0.25, -0.2) is 5.48 Å². The number of piperidine rings is 1. The quantitative estimate of drug-likeness (QED) is 0.651.